The Morgan fingerprint density at radius 1 is 1.37 bits per heavy atom. The molecule has 0 saturated carbocycles. The van der Waals surface area contributed by atoms with Gasteiger partial charge >= 0.3 is 5.97 Å². The normalized spacial score (nSPS) is 17.5. The molecule has 0 bridgehead atoms. The molecule has 2 rings (SSSR count). The molecule has 0 aliphatic carbocycles. The Labute approximate surface area is 107 Å². The van der Waals surface area contributed by atoms with Crippen LogP contribution in [0.1, 0.15) is 16.8 Å². The van der Waals surface area contributed by atoms with Gasteiger partial charge in [0, 0.05) is 12.3 Å². The first kappa shape index (κ1) is 12.7. The molecular weight excluding hydrogens is 252 g/mol. The highest BCUT2D eigenvalue weighted by Crippen LogP contribution is 2.24. The zero-order valence-corrected chi connectivity index (χ0v) is 9.72. The van der Waals surface area contributed by atoms with Crippen molar-refractivity contribution in [3.8, 4) is 0 Å². The number of amides is 1. The van der Waals surface area contributed by atoms with Crippen molar-refractivity contribution in [2.75, 3.05) is 0 Å². The average molecular weight is 262 g/mol. The van der Waals surface area contributed by atoms with E-state index in [-0.39, 0.29) is 17.7 Å². The monoisotopic (exact) mass is 262 g/mol. The van der Waals surface area contributed by atoms with Crippen LogP contribution in [0.15, 0.2) is 36.5 Å². The molecule has 0 saturated heterocycles. The number of nitro benzene ring substituents is 1. The fourth-order valence-corrected chi connectivity index (χ4v) is 1.90. The lowest BCUT2D eigenvalue weighted by atomic mass is 10.1. The predicted molar refractivity (Wildman–Crippen MR) is 64.4 cm³/mol. The van der Waals surface area contributed by atoms with Crippen LogP contribution in [0.4, 0.5) is 5.69 Å². The number of carboxylic acids is 1. The Hall–Kier alpha value is -2.70. The van der Waals surface area contributed by atoms with Crippen LogP contribution in [0.2, 0.25) is 0 Å². The third kappa shape index (κ3) is 2.30. The highest BCUT2D eigenvalue weighted by Gasteiger charge is 2.33. The quantitative estimate of drug-likeness (QED) is 0.655. The molecular formula is C12H10N2O5. The lowest BCUT2D eigenvalue weighted by Crippen LogP contribution is -2.38. The average Bonchev–Trinajstić information content (AvgIpc) is 2.87. The van der Waals surface area contributed by atoms with Crippen LogP contribution in [0, 0.1) is 10.1 Å². The zero-order valence-electron chi connectivity index (χ0n) is 9.72. The van der Waals surface area contributed by atoms with Gasteiger partial charge in [-0.2, -0.15) is 0 Å². The fourth-order valence-electron chi connectivity index (χ4n) is 1.90. The minimum Gasteiger partial charge on any atom is -0.480 e. The molecule has 1 amide bonds. The Bertz CT molecular complexity index is 581. The van der Waals surface area contributed by atoms with Gasteiger partial charge in [-0.3, -0.25) is 14.9 Å². The van der Waals surface area contributed by atoms with Crippen molar-refractivity contribution >= 4 is 17.6 Å². The number of rotatable bonds is 3. The molecule has 7 heteroatoms. The van der Waals surface area contributed by atoms with Gasteiger partial charge < -0.3 is 10.0 Å². The number of benzene rings is 1. The number of nitrogens with zero attached hydrogens (tertiary/aromatic N) is 2. The Balaban J connectivity index is 2.37. The van der Waals surface area contributed by atoms with Crippen molar-refractivity contribution in [2.24, 2.45) is 0 Å². The highest BCUT2D eigenvalue weighted by atomic mass is 16.6. The van der Waals surface area contributed by atoms with Gasteiger partial charge in [0.15, 0.2) is 0 Å². The predicted octanol–water partition coefficient (Wildman–Crippen LogP) is 1.41. The van der Waals surface area contributed by atoms with Crippen LogP contribution >= 0.6 is 0 Å². The molecule has 7 nitrogen and oxygen atoms in total. The third-order valence-electron chi connectivity index (χ3n) is 2.81. The van der Waals surface area contributed by atoms with Crippen molar-refractivity contribution in [3.63, 3.8) is 0 Å². The standard InChI is InChI=1S/C12H10N2O5/c15-11(13-7-3-6-10(13)12(16)17)8-4-1-2-5-9(8)14(18)19/h1-5,7,10H,6H2,(H,16,17)/t10-/m0/s1. The van der Waals surface area contributed by atoms with Crippen LogP contribution in [-0.4, -0.2) is 32.8 Å². The summed E-state index contributed by atoms with van der Waals surface area (Å²) in [4.78, 5) is 34.4. The second kappa shape index (κ2) is 4.89. The molecule has 1 aliphatic heterocycles. The summed E-state index contributed by atoms with van der Waals surface area (Å²) in [5.41, 5.74) is -0.456. The summed E-state index contributed by atoms with van der Waals surface area (Å²) in [5, 5.41) is 19.8. The summed E-state index contributed by atoms with van der Waals surface area (Å²) in [6.45, 7) is 0. The lowest BCUT2D eigenvalue weighted by Gasteiger charge is -2.20. The van der Waals surface area contributed by atoms with Gasteiger partial charge in [0.25, 0.3) is 11.6 Å². The molecule has 0 fully saturated rings. The molecule has 1 heterocycles. The summed E-state index contributed by atoms with van der Waals surface area (Å²) < 4.78 is 0. The van der Waals surface area contributed by atoms with Crippen LogP contribution in [0.3, 0.4) is 0 Å². The maximum atomic E-state index is 12.2. The summed E-state index contributed by atoms with van der Waals surface area (Å²) >= 11 is 0. The number of carbonyl (C=O) groups is 2. The Morgan fingerprint density at radius 2 is 2.05 bits per heavy atom. The largest absolute Gasteiger partial charge is 0.480 e. The minimum absolute atomic E-state index is 0.120. The first-order valence-corrected chi connectivity index (χ1v) is 5.48. The van der Waals surface area contributed by atoms with E-state index in [1.807, 2.05) is 0 Å². The molecule has 0 radical (unpaired) electrons. The van der Waals surface area contributed by atoms with Gasteiger partial charge in [0.2, 0.25) is 0 Å². The van der Waals surface area contributed by atoms with Gasteiger partial charge in [0.05, 0.1) is 4.92 Å². The summed E-state index contributed by atoms with van der Waals surface area (Å²) in [6.07, 6.45) is 3.09. The van der Waals surface area contributed by atoms with Crippen molar-refractivity contribution < 1.29 is 19.6 Å². The van der Waals surface area contributed by atoms with E-state index in [9.17, 15) is 19.7 Å². The molecule has 1 aromatic rings. The smallest absolute Gasteiger partial charge is 0.327 e. The number of carbonyl (C=O) groups excluding carboxylic acids is 1. The number of hydrogen-bond donors (Lipinski definition) is 1. The maximum Gasteiger partial charge on any atom is 0.327 e. The molecule has 1 atom stereocenters. The van der Waals surface area contributed by atoms with Gasteiger partial charge in [-0.15, -0.1) is 0 Å². The van der Waals surface area contributed by atoms with E-state index >= 15 is 0 Å². The van der Waals surface area contributed by atoms with Gasteiger partial charge in [0.1, 0.15) is 11.6 Å². The second-order valence-corrected chi connectivity index (χ2v) is 3.96. The van der Waals surface area contributed by atoms with Crippen LogP contribution in [0.25, 0.3) is 0 Å². The first-order valence-electron chi connectivity index (χ1n) is 5.48. The number of nitro groups is 1. The topological polar surface area (TPSA) is 101 Å². The molecule has 1 N–H and O–H groups in total. The number of carboxylic acid groups (broad SMARTS) is 1. The van der Waals surface area contributed by atoms with E-state index in [1.54, 1.807) is 6.08 Å². The summed E-state index contributed by atoms with van der Waals surface area (Å²) in [7, 11) is 0. The molecule has 1 aliphatic rings. The third-order valence-corrected chi connectivity index (χ3v) is 2.81. The van der Waals surface area contributed by atoms with E-state index < -0.39 is 22.8 Å². The van der Waals surface area contributed by atoms with Crippen molar-refractivity contribution in [2.45, 2.75) is 12.5 Å². The van der Waals surface area contributed by atoms with E-state index in [2.05, 4.69) is 0 Å². The van der Waals surface area contributed by atoms with Gasteiger partial charge in [-0.1, -0.05) is 18.2 Å². The van der Waals surface area contributed by atoms with Crippen molar-refractivity contribution in [1.29, 1.82) is 0 Å². The molecule has 0 spiro atoms. The van der Waals surface area contributed by atoms with E-state index in [4.69, 9.17) is 5.11 Å². The Morgan fingerprint density at radius 3 is 2.68 bits per heavy atom. The van der Waals surface area contributed by atoms with E-state index in [0.29, 0.717) is 0 Å². The summed E-state index contributed by atoms with van der Waals surface area (Å²) in [5.74, 6) is -1.83. The highest BCUT2D eigenvalue weighted by molar-refractivity contribution is 6.01. The van der Waals surface area contributed by atoms with Crippen LogP contribution < -0.4 is 0 Å². The van der Waals surface area contributed by atoms with Crippen LogP contribution in [0.5, 0.6) is 0 Å². The number of hydrogen-bond acceptors (Lipinski definition) is 4. The van der Waals surface area contributed by atoms with E-state index in [0.717, 1.165) is 4.90 Å². The summed E-state index contributed by atoms with van der Waals surface area (Å²) in [6, 6.07) is 4.46. The molecule has 0 unspecified atom stereocenters. The lowest BCUT2D eigenvalue weighted by molar-refractivity contribution is -0.385. The Kier molecular flexibility index (Phi) is 3.28. The SMILES string of the molecule is O=C(O)[C@@H]1CC=CN1C(=O)c1ccccc1[N+](=O)[O-]. The van der Waals surface area contributed by atoms with E-state index in [1.165, 1.54) is 30.5 Å². The minimum atomic E-state index is -1.14. The van der Waals surface area contributed by atoms with Gasteiger partial charge in [-0.25, -0.2) is 4.79 Å². The molecule has 1 aromatic carbocycles. The first-order chi connectivity index (χ1) is 9.02. The van der Waals surface area contributed by atoms with Crippen molar-refractivity contribution in [1.82, 2.24) is 4.90 Å². The van der Waals surface area contributed by atoms with Crippen LogP contribution in [-0.2, 0) is 4.79 Å². The van der Waals surface area contributed by atoms with Gasteiger partial charge in [-0.05, 0) is 12.5 Å². The molecule has 0 aromatic heterocycles. The van der Waals surface area contributed by atoms with Crippen molar-refractivity contribution in [3.05, 3.63) is 52.2 Å². The molecule has 98 valence electrons. The number of aliphatic carboxylic acids is 1. The second-order valence-electron chi connectivity index (χ2n) is 3.96. The fraction of sp³-hybridized carbons (Fsp3) is 0.167. The zero-order chi connectivity index (χ0) is 14.0. The molecule has 19 heavy (non-hydrogen) atoms. The maximum absolute atomic E-state index is 12.2. The number of para-hydroxylation sites is 1.